The van der Waals surface area contributed by atoms with Crippen molar-refractivity contribution in [1.29, 1.82) is 0 Å². The highest BCUT2D eigenvalue weighted by atomic mass is 16.3. The average molecular weight is 324 g/mol. The first-order valence-corrected chi connectivity index (χ1v) is 8.47. The summed E-state index contributed by atoms with van der Waals surface area (Å²) in [5.74, 6) is 0.598. The minimum absolute atomic E-state index is 0.0447. The molecule has 1 saturated heterocycles. The summed E-state index contributed by atoms with van der Waals surface area (Å²) in [7, 11) is 0. The van der Waals surface area contributed by atoms with Crippen molar-refractivity contribution >= 4 is 6.03 Å². The number of phenolic OH excluding ortho intramolecular Hbond substituents is 1. The van der Waals surface area contributed by atoms with Gasteiger partial charge in [0.05, 0.1) is 6.04 Å². The maximum absolute atomic E-state index is 12.7. The first-order valence-electron chi connectivity index (χ1n) is 8.47. The Morgan fingerprint density at radius 2 is 1.96 bits per heavy atom. The van der Waals surface area contributed by atoms with Gasteiger partial charge in [0.25, 0.3) is 0 Å². The normalized spacial score (nSPS) is 21.5. The van der Waals surface area contributed by atoms with Crippen LogP contribution in [0.5, 0.6) is 5.75 Å². The quantitative estimate of drug-likeness (QED) is 0.895. The van der Waals surface area contributed by atoms with Crippen molar-refractivity contribution in [1.82, 2.24) is 10.2 Å². The van der Waals surface area contributed by atoms with Crippen LogP contribution in [0.25, 0.3) is 0 Å². The van der Waals surface area contributed by atoms with Crippen LogP contribution in [0, 0.1) is 0 Å². The van der Waals surface area contributed by atoms with E-state index in [0.717, 1.165) is 18.5 Å². The van der Waals surface area contributed by atoms with Gasteiger partial charge in [-0.05, 0) is 43.5 Å². The second-order valence-electron chi connectivity index (χ2n) is 6.51. The van der Waals surface area contributed by atoms with E-state index < -0.39 is 0 Å². The van der Waals surface area contributed by atoms with Gasteiger partial charge < -0.3 is 15.3 Å². The standard InChI is InChI=1S/C20H24N2O2/c1-14(17-9-6-10-18(23)13-17)21-20(24)22-12-11-19(15(22)2)16-7-4-3-5-8-16/h3-10,13-15,19,23H,11-12H2,1-2H3,(H,21,24)/t14-,15?,19?/m1/s1. The average Bonchev–Trinajstić information content (AvgIpc) is 2.97. The lowest BCUT2D eigenvalue weighted by molar-refractivity contribution is 0.191. The van der Waals surface area contributed by atoms with Gasteiger partial charge in [-0.2, -0.15) is 0 Å². The van der Waals surface area contributed by atoms with E-state index in [-0.39, 0.29) is 23.9 Å². The molecular formula is C20H24N2O2. The summed E-state index contributed by atoms with van der Waals surface area (Å²) in [4.78, 5) is 14.6. The second kappa shape index (κ2) is 6.95. The fraction of sp³-hybridized carbons (Fsp3) is 0.350. The molecule has 1 aliphatic rings. The molecule has 0 bridgehead atoms. The van der Waals surface area contributed by atoms with Crippen LogP contribution in [-0.2, 0) is 0 Å². The molecule has 2 unspecified atom stereocenters. The molecule has 4 heteroatoms. The van der Waals surface area contributed by atoms with Gasteiger partial charge in [-0.3, -0.25) is 0 Å². The molecule has 1 fully saturated rings. The molecular weight excluding hydrogens is 300 g/mol. The van der Waals surface area contributed by atoms with E-state index >= 15 is 0 Å². The number of benzene rings is 2. The van der Waals surface area contributed by atoms with Gasteiger partial charge >= 0.3 is 6.03 Å². The molecule has 0 radical (unpaired) electrons. The summed E-state index contributed by atoms with van der Waals surface area (Å²) < 4.78 is 0. The van der Waals surface area contributed by atoms with Crippen LogP contribution in [0.3, 0.4) is 0 Å². The van der Waals surface area contributed by atoms with E-state index in [0.29, 0.717) is 5.92 Å². The Hall–Kier alpha value is -2.49. The van der Waals surface area contributed by atoms with Crippen molar-refractivity contribution in [2.45, 2.75) is 38.3 Å². The summed E-state index contributed by atoms with van der Waals surface area (Å²) >= 11 is 0. The molecule has 4 nitrogen and oxygen atoms in total. The fourth-order valence-corrected chi connectivity index (χ4v) is 3.52. The summed E-state index contributed by atoms with van der Waals surface area (Å²) in [6, 6.07) is 17.4. The molecule has 2 aromatic carbocycles. The van der Waals surface area contributed by atoms with Crippen molar-refractivity contribution < 1.29 is 9.90 Å². The molecule has 0 saturated carbocycles. The van der Waals surface area contributed by atoms with Crippen molar-refractivity contribution in [3.05, 3.63) is 65.7 Å². The topological polar surface area (TPSA) is 52.6 Å². The molecule has 0 aromatic heterocycles. The van der Waals surface area contributed by atoms with Crippen LogP contribution < -0.4 is 5.32 Å². The highest BCUT2D eigenvalue weighted by Crippen LogP contribution is 2.33. The van der Waals surface area contributed by atoms with Crippen molar-refractivity contribution in [2.24, 2.45) is 0 Å². The summed E-state index contributed by atoms with van der Waals surface area (Å²) in [5.41, 5.74) is 2.19. The number of rotatable bonds is 3. The van der Waals surface area contributed by atoms with Crippen LogP contribution in [0.15, 0.2) is 54.6 Å². The van der Waals surface area contributed by atoms with Crippen LogP contribution >= 0.6 is 0 Å². The molecule has 126 valence electrons. The molecule has 1 aliphatic heterocycles. The number of nitrogens with zero attached hydrogens (tertiary/aromatic N) is 1. The van der Waals surface area contributed by atoms with E-state index in [1.165, 1.54) is 5.56 Å². The third-order valence-electron chi connectivity index (χ3n) is 4.95. The summed E-state index contributed by atoms with van der Waals surface area (Å²) in [6.45, 7) is 4.81. The Morgan fingerprint density at radius 3 is 2.67 bits per heavy atom. The zero-order valence-corrected chi connectivity index (χ0v) is 14.1. The molecule has 3 atom stereocenters. The van der Waals surface area contributed by atoms with E-state index in [9.17, 15) is 9.90 Å². The SMILES string of the molecule is CC1C(c2ccccc2)CCN1C(=O)N[C@H](C)c1cccc(O)c1. The maximum Gasteiger partial charge on any atom is 0.318 e. The second-order valence-corrected chi connectivity index (χ2v) is 6.51. The van der Waals surface area contributed by atoms with Crippen LogP contribution in [0.4, 0.5) is 4.79 Å². The number of hydrogen-bond acceptors (Lipinski definition) is 2. The monoisotopic (exact) mass is 324 g/mol. The number of aromatic hydroxyl groups is 1. The zero-order chi connectivity index (χ0) is 17.1. The van der Waals surface area contributed by atoms with Gasteiger partial charge in [0.2, 0.25) is 0 Å². The largest absolute Gasteiger partial charge is 0.508 e. The van der Waals surface area contributed by atoms with Crippen molar-refractivity contribution in [3.63, 3.8) is 0 Å². The number of carbonyl (C=O) groups excluding carboxylic acids is 1. The third kappa shape index (κ3) is 3.37. The van der Waals surface area contributed by atoms with E-state index in [2.05, 4.69) is 36.5 Å². The highest BCUT2D eigenvalue weighted by molar-refractivity contribution is 5.75. The Bertz CT molecular complexity index is 702. The van der Waals surface area contributed by atoms with E-state index in [1.807, 2.05) is 24.0 Å². The number of phenols is 1. The number of urea groups is 1. The third-order valence-corrected chi connectivity index (χ3v) is 4.95. The Kier molecular flexibility index (Phi) is 4.74. The minimum Gasteiger partial charge on any atom is -0.508 e. The predicted molar refractivity (Wildman–Crippen MR) is 95.0 cm³/mol. The molecule has 1 heterocycles. The first-order chi connectivity index (χ1) is 11.6. The Morgan fingerprint density at radius 1 is 1.21 bits per heavy atom. The number of nitrogens with one attached hydrogen (secondary N) is 1. The zero-order valence-electron chi connectivity index (χ0n) is 14.1. The Labute approximate surface area is 143 Å². The number of carbonyl (C=O) groups is 1. The minimum atomic E-state index is -0.146. The van der Waals surface area contributed by atoms with Gasteiger partial charge in [-0.15, -0.1) is 0 Å². The molecule has 0 aliphatic carbocycles. The van der Waals surface area contributed by atoms with Gasteiger partial charge in [0.15, 0.2) is 0 Å². The van der Waals surface area contributed by atoms with E-state index in [4.69, 9.17) is 0 Å². The summed E-state index contributed by atoms with van der Waals surface area (Å²) in [5, 5.41) is 12.6. The number of likely N-dealkylation sites (tertiary alicyclic amines) is 1. The molecule has 2 amide bonds. The lowest BCUT2D eigenvalue weighted by Gasteiger charge is -2.27. The number of hydrogen-bond donors (Lipinski definition) is 2. The predicted octanol–water partition coefficient (Wildman–Crippen LogP) is 4.04. The van der Waals surface area contributed by atoms with E-state index in [1.54, 1.807) is 18.2 Å². The molecule has 0 spiro atoms. The van der Waals surface area contributed by atoms with Gasteiger partial charge in [0.1, 0.15) is 5.75 Å². The summed E-state index contributed by atoms with van der Waals surface area (Å²) in [6.07, 6.45) is 0.985. The molecule has 2 N–H and O–H groups in total. The molecule has 2 aromatic rings. The van der Waals surface area contributed by atoms with Crippen LogP contribution in [-0.4, -0.2) is 28.6 Å². The maximum atomic E-state index is 12.7. The highest BCUT2D eigenvalue weighted by Gasteiger charge is 2.35. The molecule has 3 rings (SSSR count). The number of amides is 2. The van der Waals surface area contributed by atoms with Gasteiger partial charge in [-0.1, -0.05) is 42.5 Å². The van der Waals surface area contributed by atoms with Crippen molar-refractivity contribution in [3.8, 4) is 5.75 Å². The first kappa shape index (κ1) is 16.4. The van der Waals surface area contributed by atoms with Gasteiger partial charge in [-0.25, -0.2) is 4.79 Å². The van der Waals surface area contributed by atoms with Crippen molar-refractivity contribution in [2.75, 3.05) is 6.54 Å². The Balaban J connectivity index is 1.65. The lowest BCUT2D eigenvalue weighted by Crippen LogP contribution is -2.43. The lowest BCUT2D eigenvalue weighted by atomic mass is 9.93. The molecule has 24 heavy (non-hydrogen) atoms. The van der Waals surface area contributed by atoms with Crippen LogP contribution in [0.2, 0.25) is 0 Å². The smallest absolute Gasteiger partial charge is 0.318 e. The van der Waals surface area contributed by atoms with Crippen LogP contribution in [0.1, 0.15) is 43.4 Å². The fourth-order valence-electron chi connectivity index (χ4n) is 3.52. The van der Waals surface area contributed by atoms with Gasteiger partial charge in [0, 0.05) is 18.5 Å².